The highest BCUT2D eigenvalue weighted by Crippen LogP contribution is 2.19. The van der Waals surface area contributed by atoms with Crippen LogP contribution in [-0.2, 0) is 6.54 Å². The van der Waals surface area contributed by atoms with Gasteiger partial charge in [-0.05, 0) is 24.3 Å². The van der Waals surface area contributed by atoms with Crippen LogP contribution in [0.4, 0.5) is 5.69 Å². The van der Waals surface area contributed by atoms with Crippen LogP contribution >= 0.6 is 0 Å². The lowest BCUT2D eigenvalue weighted by atomic mass is 10.3. The number of para-hydroxylation sites is 2. The van der Waals surface area contributed by atoms with Crippen LogP contribution in [0.25, 0.3) is 5.65 Å². The van der Waals surface area contributed by atoms with Crippen molar-refractivity contribution in [2.45, 2.75) is 13.0 Å². The fourth-order valence-corrected chi connectivity index (χ4v) is 2.12. The van der Waals surface area contributed by atoms with Crippen LogP contribution in [0.1, 0.15) is 6.42 Å². The van der Waals surface area contributed by atoms with Gasteiger partial charge in [-0.2, -0.15) is 0 Å². The van der Waals surface area contributed by atoms with E-state index in [0.29, 0.717) is 36.7 Å². The Balaban J connectivity index is 1.61. The van der Waals surface area contributed by atoms with E-state index in [2.05, 4.69) is 5.10 Å². The van der Waals surface area contributed by atoms with Crippen molar-refractivity contribution in [3.05, 3.63) is 59.1 Å². The molecule has 0 aliphatic heterocycles. The summed E-state index contributed by atoms with van der Waals surface area (Å²) in [6, 6.07) is 12.8. The summed E-state index contributed by atoms with van der Waals surface area (Å²) in [5.74, 6) is 0.667. The third-order valence-electron chi connectivity index (χ3n) is 3.18. The van der Waals surface area contributed by atoms with Gasteiger partial charge in [0.25, 0.3) is 0 Å². The van der Waals surface area contributed by atoms with E-state index in [0.717, 1.165) is 0 Å². The maximum absolute atomic E-state index is 12.0. The lowest BCUT2D eigenvalue weighted by molar-refractivity contribution is 0.299. The van der Waals surface area contributed by atoms with E-state index in [1.807, 2.05) is 30.3 Å². The summed E-state index contributed by atoms with van der Waals surface area (Å²) in [5.41, 5.74) is 6.92. The van der Waals surface area contributed by atoms with Crippen molar-refractivity contribution < 1.29 is 4.74 Å². The lowest BCUT2D eigenvalue weighted by Crippen LogP contribution is -2.22. The van der Waals surface area contributed by atoms with Crippen molar-refractivity contribution in [3.63, 3.8) is 0 Å². The first kappa shape index (κ1) is 13.2. The van der Waals surface area contributed by atoms with Crippen LogP contribution in [0.15, 0.2) is 53.5 Å². The monoisotopic (exact) mass is 284 g/mol. The van der Waals surface area contributed by atoms with Crippen molar-refractivity contribution in [1.29, 1.82) is 0 Å². The molecule has 0 bridgehead atoms. The zero-order chi connectivity index (χ0) is 14.7. The van der Waals surface area contributed by atoms with Crippen molar-refractivity contribution in [1.82, 2.24) is 14.2 Å². The molecule has 0 radical (unpaired) electrons. The summed E-state index contributed by atoms with van der Waals surface area (Å²) >= 11 is 0. The zero-order valence-electron chi connectivity index (χ0n) is 11.5. The van der Waals surface area contributed by atoms with Gasteiger partial charge in [-0.1, -0.05) is 18.2 Å². The quantitative estimate of drug-likeness (QED) is 0.570. The molecule has 2 N–H and O–H groups in total. The minimum Gasteiger partial charge on any atom is -0.491 e. The summed E-state index contributed by atoms with van der Waals surface area (Å²) < 4.78 is 8.57. The SMILES string of the molecule is Nc1ccccc1OCCCn1nc2ccccn2c1=O. The fraction of sp³-hybridized carbons (Fsp3) is 0.200. The molecule has 6 heteroatoms. The Kier molecular flexibility index (Phi) is 3.59. The number of rotatable bonds is 5. The molecule has 0 fully saturated rings. The number of nitrogens with zero attached hydrogens (tertiary/aromatic N) is 3. The molecule has 2 aromatic heterocycles. The van der Waals surface area contributed by atoms with Crippen molar-refractivity contribution >= 4 is 11.3 Å². The van der Waals surface area contributed by atoms with Crippen molar-refractivity contribution in [3.8, 4) is 5.75 Å². The first-order valence-electron chi connectivity index (χ1n) is 6.77. The van der Waals surface area contributed by atoms with E-state index in [9.17, 15) is 4.79 Å². The van der Waals surface area contributed by atoms with Crippen LogP contribution < -0.4 is 16.2 Å². The predicted molar refractivity (Wildman–Crippen MR) is 80.4 cm³/mol. The third kappa shape index (κ3) is 2.74. The summed E-state index contributed by atoms with van der Waals surface area (Å²) in [4.78, 5) is 12.0. The number of aryl methyl sites for hydroxylation is 1. The molecule has 0 aliphatic rings. The number of fused-ring (bicyclic) bond motifs is 1. The standard InChI is InChI=1S/C15H16N4O2/c16-12-6-1-2-7-13(12)21-11-5-10-19-15(20)18-9-4-3-8-14(18)17-19/h1-4,6-9H,5,10-11,16H2. The predicted octanol–water partition coefficient (Wildman–Crippen LogP) is 1.55. The summed E-state index contributed by atoms with van der Waals surface area (Å²) in [7, 11) is 0. The molecule has 0 amide bonds. The number of nitrogens with two attached hydrogens (primary N) is 1. The van der Waals surface area contributed by atoms with Crippen molar-refractivity contribution in [2.24, 2.45) is 0 Å². The second-order valence-electron chi connectivity index (χ2n) is 4.67. The molecule has 21 heavy (non-hydrogen) atoms. The minimum absolute atomic E-state index is 0.134. The second kappa shape index (κ2) is 5.70. The Hall–Kier alpha value is -2.76. The van der Waals surface area contributed by atoms with Gasteiger partial charge in [0.15, 0.2) is 5.65 Å². The number of hydrogen-bond acceptors (Lipinski definition) is 4. The van der Waals surface area contributed by atoms with Crippen LogP contribution in [0, 0.1) is 0 Å². The topological polar surface area (TPSA) is 74.6 Å². The van der Waals surface area contributed by atoms with Crippen LogP contribution in [0.2, 0.25) is 0 Å². The van der Waals surface area contributed by atoms with Gasteiger partial charge < -0.3 is 10.5 Å². The van der Waals surface area contributed by atoms with Crippen LogP contribution in [0.3, 0.4) is 0 Å². The highest BCUT2D eigenvalue weighted by atomic mass is 16.5. The average Bonchev–Trinajstić information content (AvgIpc) is 2.82. The van der Waals surface area contributed by atoms with Gasteiger partial charge in [0, 0.05) is 19.2 Å². The van der Waals surface area contributed by atoms with Gasteiger partial charge in [0.05, 0.1) is 12.3 Å². The van der Waals surface area contributed by atoms with Gasteiger partial charge in [-0.3, -0.25) is 4.40 Å². The second-order valence-corrected chi connectivity index (χ2v) is 4.67. The third-order valence-corrected chi connectivity index (χ3v) is 3.18. The lowest BCUT2D eigenvalue weighted by Gasteiger charge is -2.07. The molecule has 2 heterocycles. The molecule has 0 spiro atoms. The first-order valence-corrected chi connectivity index (χ1v) is 6.77. The van der Waals surface area contributed by atoms with Gasteiger partial charge in [-0.25, -0.2) is 9.48 Å². The van der Waals surface area contributed by atoms with Gasteiger partial charge in [0.1, 0.15) is 5.75 Å². The Morgan fingerprint density at radius 2 is 1.95 bits per heavy atom. The molecule has 0 saturated carbocycles. The number of ether oxygens (including phenoxy) is 1. The molecule has 3 aromatic rings. The van der Waals surface area contributed by atoms with Crippen LogP contribution in [0.5, 0.6) is 5.75 Å². The number of anilines is 1. The summed E-state index contributed by atoms with van der Waals surface area (Å²) in [5, 5.41) is 4.26. The maximum Gasteiger partial charge on any atom is 0.350 e. The van der Waals surface area contributed by atoms with Gasteiger partial charge >= 0.3 is 5.69 Å². The highest BCUT2D eigenvalue weighted by Gasteiger charge is 2.05. The molecule has 3 rings (SSSR count). The normalized spacial score (nSPS) is 10.9. The van der Waals surface area contributed by atoms with Gasteiger partial charge in [0.2, 0.25) is 0 Å². The fourth-order valence-electron chi connectivity index (χ4n) is 2.12. The largest absolute Gasteiger partial charge is 0.491 e. The number of hydrogen-bond donors (Lipinski definition) is 1. The van der Waals surface area contributed by atoms with E-state index in [1.165, 1.54) is 9.08 Å². The molecular weight excluding hydrogens is 268 g/mol. The number of nitrogen functional groups attached to an aromatic ring is 1. The summed E-state index contributed by atoms with van der Waals surface area (Å²) in [6.07, 6.45) is 2.39. The van der Waals surface area contributed by atoms with E-state index in [-0.39, 0.29) is 5.69 Å². The molecule has 108 valence electrons. The molecule has 1 aromatic carbocycles. The highest BCUT2D eigenvalue weighted by molar-refractivity contribution is 5.51. The van der Waals surface area contributed by atoms with E-state index in [1.54, 1.807) is 18.3 Å². The molecule has 0 aliphatic carbocycles. The first-order chi connectivity index (χ1) is 10.3. The molecule has 0 unspecified atom stereocenters. The average molecular weight is 284 g/mol. The Morgan fingerprint density at radius 1 is 1.14 bits per heavy atom. The molecule has 0 atom stereocenters. The minimum atomic E-state index is -0.134. The smallest absolute Gasteiger partial charge is 0.350 e. The molecule has 0 saturated heterocycles. The summed E-state index contributed by atoms with van der Waals surface area (Å²) in [6.45, 7) is 0.988. The van der Waals surface area contributed by atoms with Crippen molar-refractivity contribution in [2.75, 3.05) is 12.3 Å². The zero-order valence-corrected chi connectivity index (χ0v) is 11.5. The number of aromatic nitrogens is 3. The van der Waals surface area contributed by atoms with E-state index in [4.69, 9.17) is 10.5 Å². The Labute approximate surface area is 121 Å². The number of benzene rings is 1. The van der Waals surface area contributed by atoms with Gasteiger partial charge in [-0.15, -0.1) is 5.10 Å². The molecule has 6 nitrogen and oxygen atoms in total. The Morgan fingerprint density at radius 3 is 2.76 bits per heavy atom. The van der Waals surface area contributed by atoms with E-state index < -0.39 is 0 Å². The van der Waals surface area contributed by atoms with E-state index >= 15 is 0 Å². The molecular formula is C15H16N4O2. The Bertz CT molecular complexity index is 807. The maximum atomic E-state index is 12.0. The van der Waals surface area contributed by atoms with Crippen LogP contribution in [-0.4, -0.2) is 20.8 Å². The number of pyridine rings is 1.